The molecule has 1 aromatic heterocycles. The Morgan fingerprint density at radius 1 is 1.19 bits per heavy atom. The summed E-state index contributed by atoms with van der Waals surface area (Å²) < 4.78 is 51.6. The molecule has 0 spiro atoms. The normalized spacial score (nSPS) is 14.8. The molecular formula is C21H20ClF4N5O. The van der Waals surface area contributed by atoms with Crippen molar-refractivity contribution in [2.24, 2.45) is 0 Å². The van der Waals surface area contributed by atoms with E-state index in [9.17, 15) is 22.4 Å². The topological polar surface area (TPSA) is 63.5 Å². The third-order valence-corrected chi connectivity index (χ3v) is 5.34. The Hall–Kier alpha value is -2.90. The molecule has 170 valence electrons. The van der Waals surface area contributed by atoms with Gasteiger partial charge in [-0.2, -0.15) is 18.4 Å². The first-order valence-corrected chi connectivity index (χ1v) is 10.2. The van der Waals surface area contributed by atoms with Gasteiger partial charge in [-0.3, -0.25) is 9.69 Å². The Morgan fingerprint density at radius 2 is 1.84 bits per heavy atom. The summed E-state index contributed by atoms with van der Waals surface area (Å²) in [6.45, 7) is 2.08. The molecule has 1 fully saturated rings. The number of carbonyl (C=O) groups excluding carboxylic acids is 1. The van der Waals surface area contributed by atoms with Gasteiger partial charge in [-0.15, -0.1) is 0 Å². The van der Waals surface area contributed by atoms with Crippen LogP contribution in [0, 0.1) is 17.1 Å². The number of piperazine rings is 1. The summed E-state index contributed by atoms with van der Waals surface area (Å²) in [5, 5.41) is 8.81. The highest BCUT2D eigenvalue weighted by Crippen LogP contribution is 2.33. The lowest BCUT2D eigenvalue weighted by Crippen LogP contribution is -2.50. The number of carbonyl (C=O) groups is 1. The molecule has 0 N–H and O–H groups in total. The number of pyridine rings is 1. The van der Waals surface area contributed by atoms with Crippen LogP contribution in [0.3, 0.4) is 0 Å². The number of benzene rings is 1. The number of hydrogen-bond donors (Lipinski definition) is 0. The number of alkyl halides is 3. The number of nitrogens with zero attached hydrogens (tertiary/aromatic N) is 5. The van der Waals surface area contributed by atoms with E-state index in [0.717, 1.165) is 12.3 Å². The Balaban J connectivity index is 1.61. The first kappa shape index (κ1) is 23.8. The minimum absolute atomic E-state index is 0.0802. The maximum atomic E-state index is 13.2. The van der Waals surface area contributed by atoms with Crippen LogP contribution < -0.4 is 9.80 Å². The van der Waals surface area contributed by atoms with Crippen molar-refractivity contribution in [1.29, 1.82) is 5.26 Å². The lowest BCUT2D eigenvalue weighted by molar-refractivity contribution is -0.137. The Kier molecular flexibility index (Phi) is 7.53. The van der Waals surface area contributed by atoms with Crippen LogP contribution in [0.25, 0.3) is 0 Å². The van der Waals surface area contributed by atoms with E-state index in [1.54, 1.807) is 4.90 Å². The molecule has 2 heterocycles. The molecule has 1 aromatic carbocycles. The Labute approximate surface area is 187 Å². The average Bonchev–Trinajstić information content (AvgIpc) is 2.75. The molecular weight excluding hydrogens is 450 g/mol. The van der Waals surface area contributed by atoms with Gasteiger partial charge in [-0.25, -0.2) is 9.37 Å². The summed E-state index contributed by atoms with van der Waals surface area (Å²) in [5.41, 5.74) is -0.403. The lowest BCUT2D eigenvalue weighted by Gasteiger charge is -2.36. The van der Waals surface area contributed by atoms with Gasteiger partial charge in [-0.1, -0.05) is 11.6 Å². The molecule has 0 aliphatic carbocycles. The second-order valence-corrected chi connectivity index (χ2v) is 7.63. The van der Waals surface area contributed by atoms with E-state index in [-0.39, 0.29) is 36.3 Å². The number of anilines is 2. The second-order valence-electron chi connectivity index (χ2n) is 7.22. The van der Waals surface area contributed by atoms with Gasteiger partial charge >= 0.3 is 6.18 Å². The highest BCUT2D eigenvalue weighted by atomic mass is 35.5. The molecule has 1 aliphatic heterocycles. The molecule has 0 saturated carbocycles. The molecule has 1 saturated heterocycles. The van der Waals surface area contributed by atoms with E-state index in [1.165, 1.54) is 29.2 Å². The van der Waals surface area contributed by atoms with E-state index in [2.05, 4.69) is 4.98 Å². The molecule has 0 bridgehead atoms. The van der Waals surface area contributed by atoms with Gasteiger partial charge in [-0.05, 0) is 30.3 Å². The van der Waals surface area contributed by atoms with Crippen molar-refractivity contribution in [2.75, 3.05) is 49.1 Å². The molecule has 6 nitrogen and oxygen atoms in total. The number of rotatable bonds is 6. The molecule has 1 amide bonds. The van der Waals surface area contributed by atoms with Crippen molar-refractivity contribution in [3.8, 4) is 6.07 Å². The summed E-state index contributed by atoms with van der Waals surface area (Å²) in [6, 6.07) is 8.34. The van der Waals surface area contributed by atoms with Crippen LogP contribution in [0.4, 0.5) is 29.1 Å². The third kappa shape index (κ3) is 5.87. The first-order valence-electron chi connectivity index (χ1n) is 9.82. The third-order valence-electron chi connectivity index (χ3n) is 5.07. The van der Waals surface area contributed by atoms with Gasteiger partial charge in [0.05, 0.1) is 29.6 Å². The van der Waals surface area contributed by atoms with Crippen LogP contribution in [0.2, 0.25) is 5.02 Å². The van der Waals surface area contributed by atoms with Crippen molar-refractivity contribution in [2.45, 2.75) is 12.6 Å². The summed E-state index contributed by atoms with van der Waals surface area (Å²) in [7, 11) is 0. The van der Waals surface area contributed by atoms with Gasteiger partial charge in [0.2, 0.25) is 5.91 Å². The minimum atomic E-state index is -4.52. The first-order chi connectivity index (χ1) is 15.2. The van der Waals surface area contributed by atoms with Crippen molar-refractivity contribution in [3.63, 3.8) is 0 Å². The quantitative estimate of drug-likeness (QED) is 0.599. The predicted molar refractivity (Wildman–Crippen MR) is 112 cm³/mol. The Bertz CT molecular complexity index is 985. The van der Waals surface area contributed by atoms with E-state index in [0.29, 0.717) is 31.9 Å². The summed E-state index contributed by atoms with van der Waals surface area (Å²) in [4.78, 5) is 21.9. The molecule has 0 unspecified atom stereocenters. The maximum absolute atomic E-state index is 13.2. The average molecular weight is 470 g/mol. The number of amides is 1. The number of halogens is 5. The molecule has 11 heteroatoms. The van der Waals surface area contributed by atoms with Gasteiger partial charge in [0.1, 0.15) is 11.6 Å². The smallest absolute Gasteiger partial charge is 0.353 e. The standard InChI is InChI=1S/C21H20ClF4N5O/c22-18-12-15(21(24,25)26)13-28-20(18)30-10-8-29(9-11-30)14-19(32)31(7-1-6-27)17-4-2-16(23)3-5-17/h2-5,12-13H,1,7-11,14H2. The molecule has 0 atom stereocenters. The van der Waals surface area contributed by atoms with Crippen LogP contribution in [-0.4, -0.2) is 55.1 Å². The monoisotopic (exact) mass is 469 g/mol. The van der Waals surface area contributed by atoms with Crippen molar-refractivity contribution >= 4 is 29.0 Å². The summed E-state index contributed by atoms with van der Waals surface area (Å²) in [6.07, 6.45) is -3.63. The van der Waals surface area contributed by atoms with Gasteiger partial charge in [0.15, 0.2) is 0 Å². The fourth-order valence-electron chi connectivity index (χ4n) is 3.39. The summed E-state index contributed by atoms with van der Waals surface area (Å²) in [5.74, 6) is -0.383. The lowest BCUT2D eigenvalue weighted by atomic mass is 10.2. The maximum Gasteiger partial charge on any atom is 0.417 e. The van der Waals surface area contributed by atoms with E-state index >= 15 is 0 Å². The fourth-order valence-corrected chi connectivity index (χ4v) is 3.68. The zero-order valence-corrected chi connectivity index (χ0v) is 17.7. The predicted octanol–water partition coefficient (Wildman–Crippen LogP) is 3.96. The van der Waals surface area contributed by atoms with Crippen LogP contribution in [-0.2, 0) is 11.0 Å². The van der Waals surface area contributed by atoms with E-state index in [4.69, 9.17) is 16.9 Å². The van der Waals surface area contributed by atoms with Crippen molar-refractivity contribution in [3.05, 3.63) is 52.9 Å². The molecule has 32 heavy (non-hydrogen) atoms. The van der Waals surface area contributed by atoms with Crippen molar-refractivity contribution in [1.82, 2.24) is 9.88 Å². The van der Waals surface area contributed by atoms with E-state index in [1.807, 2.05) is 11.0 Å². The molecule has 3 rings (SSSR count). The van der Waals surface area contributed by atoms with Crippen molar-refractivity contribution < 1.29 is 22.4 Å². The van der Waals surface area contributed by atoms with Crippen LogP contribution >= 0.6 is 11.6 Å². The van der Waals surface area contributed by atoms with Gasteiger partial charge < -0.3 is 9.80 Å². The molecule has 2 aromatic rings. The Morgan fingerprint density at radius 3 is 2.41 bits per heavy atom. The molecule has 1 aliphatic rings. The zero-order valence-electron chi connectivity index (χ0n) is 16.9. The molecule has 0 radical (unpaired) electrons. The minimum Gasteiger partial charge on any atom is -0.353 e. The highest BCUT2D eigenvalue weighted by molar-refractivity contribution is 6.33. The van der Waals surface area contributed by atoms with Gasteiger partial charge in [0, 0.05) is 44.6 Å². The summed E-state index contributed by atoms with van der Waals surface area (Å²) >= 11 is 6.03. The van der Waals surface area contributed by atoms with E-state index < -0.39 is 17.6 Å². The number of hydrogen-bond acceptors (Lipinski definition) is 5. The van der Waals surface area contributed by atoms with Crippen LogP contribution in [0.15, 0.2) is 36.5 Å². The fraction of sp³-hybridized carbons (Fsp3) is 0.381. The largest absolute Gasteiger partial charge is 0.417 e. The van der Waals surface area contributed by atoms with Gasteiger partial charge in [0.25, 0.3) is 0 Å². The highest BCUT2D eigenvalue weighted by Gasteiger charge is 2.32. The van der Waals surface area contributed by atoms with Crippen LogP contribution in [0.5, 0.6) is 0 Å². The zero-order chi connectivity index (χ0) is 23.3. The SMILES string of the molecule is N#CCCN(C(=O)CN1CCN(c2ncc(C(F)(F)F)cc2Cl)CC1)c1ccc(F)cc1. The second kappa shape index (κ2) is 10.1. The number of aromatic nitrogens is 1. The number of nitriles is 1. The van der Waals surface area contributed by atoms with Crippen LogP contribution in [0.1, 0.15) is 12.0 Å².